The van der Waals surface area contributed by atoms with E-state index in [1.807, 2.05) is 6.92 Å². The summed E-state index contributed by atoms with van der Waals surface area (Å²) in [7, 11) is 0. The van der Waals surface area contributed by atoms with E-state index in [1.54, 1.807) is 11.3 Å². The maximum absolute atomic E-state index is 6.23. The maximum atomic E-state index is 6.23. The van der Waals surface area contributed by atoms with E-state index in [9.17, 15) is 0 Å². The van der Waals surface area contributed by atoms with E-state index in [0.29, 0.717) is 0 Å². The summed E-state index contributed by atoms with van der Waals surface area (Å²) in [4.78, 5) is 5.71. The van der Waals surface area contributed by atoms with Crippen LogP contribution in [0.2, 0.25) is 0 Å². The first-order valence-corrected chi connectivity index (χ1v) is 6.59. The fraction of sp³-hybridized carbons (Fsp3) is 0.750. The molecule has 86 valence electrons. The van der Waals surface area contributed by atoms with Gasteiger partial charge in [0.25, 0.3) is 0 Å². The number of nitrogens with two attached hydrogens (primary N) is 1. The van der Waals surface area contributed by atoms with Gasteiger partial charge in [-0.05, 0) is 26.2 Å². The Balaban J connectivity index is 2.67. The number of rotatable bonds is 5. The van der Waals surface area contributed by atoms with Crippen LogP contribution in [-0.2, 0) is 0 Å². The van der Waals surface area contributed by atoms with E-state index in [1.165, 1.54) is 17.7 Å². The minimum absolute atomic E-state index is 0.182. The summed E-state index contributed by atoms with van der Waals surface area (Å²) in [6.07, 6.45) is 3.54. The molecule has 0 aliphatic rings. The molecule has 1 unspecified atom stereocenters. The Morgan fingerprint density at radius 1 is 1.27 bits per heavy atom. The second-order valence-corrected chi connectivity index (χ2v) is 5.44. The highest BCUT2D eigenvalue weighted by Crippen LogP contribution is 2.29. The highest BCUT2D eigenvalue weighted by atomic mass is 32.1. The lowest BCUT2D eigenvalue weighted by atomic mass is 9.94. The summed E-state index contributed by atoms with van der Waals surface area (Å²) in [6, 6.07) is 0.182. The van der Waals surface area contributed by atoms with Gasteiger partial charge in [-0.2, -0.15) is 0 Å². The summed E-state index contributed by atoms with van der Waals surface area (Å²) >= 11 is 1.75. The van der Waals surface area contributed by atoms with Crippen molar-refractivity contribution in [3.05, 3.63) is 15.6 Å². The molecular weight excluding hydrogens is 204 g/mol. The van der Waals surface area contributed by atoms with Crippen LogP contribution in [0.5, 0.6) is 0 Å². The van der Waals surface area contributed by atoms with E-state index in [4.69, 9.17) is 5.73 Å². The fourth-order valence-corrected chi connectivity index (χ4v) is 2.92. The zero-order valence-corrected chi connectivity index (χ0v) is 11.0. The molecule has 1 rings (SSSR count). The third-order valence-electron chi connectivity index (χ3n) is 3.02. The van der Waals surface area contributed by atoms with Crippen LogP contribution in [0.4, 0.5) is 0 Å². The van der Waals surface area contributed by atoms with Crippen LogP contribution in [0.25, 0.3) is 0 Å². The SMILES string of the molecule is CCC(CC)CC(N)c1sc(C)nc1C. The Hall–Kier alpha value is -0.410. The van der Waals surface area contributed by atoms with E-state index < -0.39 is 0 Å². The molecule has 0 saturated heterocycles. The molecule has 2 nitrogen and oxygen atoms in total. The van der Waals surface area contributed by atoms with Gasteiger partial charge in [-0.1, -0.05) is 26.7 Å². The third kappa shape index (κ3) is 3.28. The second kappa shape index (κ2) is 5.61. The Kier molecular flexibility index (Phi) is 4.74. The van der Waals surface area contributed by atoms with Gasteiger partial charge in [-0.25, -0.2) is 4.98 Å². The van der Waals surface area contributed by atoms with Crippen molar-refractivity contribution in [3.8, 4) is 0 Å². The monoisotopic (exact) mass is 226 g/mol. The Bertz CT molecular complexity index is 303. The number of hydrogen-bond donors (Lipinski definition) is 1. The van der Waals surface area contributed by atoms with Gasteiger partial charge in [0.05, 0.1) is 10.7 Å². The fourth-order valence-electron chi connectivity index (χ4n) is 1.98. The highest BCUT2D eigenvalue weighted by molar-refractivity contribution is 7.11. The predicted molar refractivity (Wildman–Crippen MR) is 67.2 cm³/mol. The Morgan fingerprint density at radius 3 is 2.27 bits per heavy atom. The van der Waals surface area contributed by atoms with Gasteiger partial charge in [-0.15, -0.1) is 11.3 Å². The van der Waals surface area contributed by atoms with Crippen molar-refractivity contribution in [3.63, 3.8) is 0 Å². The molecule has 0 saturated carbocycles. The van der Waals surface area contributed by atoms with Crippen LogP contribution in [0.1, 0.15) is 54.7 Å². The minimum Gasteiger partial charge on any atom is -0.323 e. The average Bonchev–Trinajstić information content (AvgIpc) is 2.54. The Morgan fingerprint density at radius 2 is 1.87 bits per heavy atom. The topological polar surface area (TPSA) is 38.9 Å². The second-order valence-electron chi connectivity index (χ2n) is 4.21. The summed E-state index contributed by atoms with van der Waals surface area (Å²) < 4.78 is 0. The molecule has 0 aromatic carbocycles. The maximum Gasteiger partial charge on any atom is 0.0900 e. The molecule has 0 aliphatic heterocycles. The van der Waals surface area contributed by atoms with E-state index in [2.05, 4.69) is 25.8 Å². The average molecular weight is 226 g/mol. The van der Waals surface area contributed by atoms with Gasteiger partial charge in [0.2, 0.25) is 0 Å². The molecule has 1 aromatic rings. The molecule has 0 aliphatic carbocycles. The van der Waals surface area contributed by atoms with E-state index >= 15 is 0 Å². The first kappa shape index (κ1) is 12.7. The van der Waals surface area contributed by atoms with Crippen molar-refractivity contribution in [2.24, 2.45) is 11.7 Å². The molecule has 0 radical (unpaired) electrons. The van der Waals surface area contributed by atoms with Crippen molar-refractivity contribution in [2.45, 2.75) is 53.0 Å². The van der Waals surface area contributed by atoms with Gasteiger partial charge >= 0.3 is 0 Å². The molecule has 15 heavy (non-hydrogen) atoms. The lowest BCUT2D eigenvalue weighted by Crippen LogP contribution is -2.14. The summed E-state index contributed by atoms with van der Waals surface area (Å²) in [5.41, 5.74) is 7.35. The van der Waals surface area contributed by atoms with Gasteiger partial charge in [-0.3, -0.25) is 0 Å². The third-order valence-corrected chi connectivity index (χ3v) is 4.22. The molecule has 3 heteroatoms. The molecule has 0 fully saturated rings. The lowest BCUT2D eigenvalue weighted by molar-refractivity contribution is 0.416. The molecule has 2 N–H and O–H groups in total. The predicted octanol–water partition coefficient (Wildman–Crippen LogP) is 3.59. The van der Waals surface area contributed by atoms with Gasteiger partial charge in [0, 0.05) is 10.9 Å². The van der Waals surface area contributed by atoms with Crippen LogP contribution < -0.4 is 5.73 Å². The first-order chi connectivity index (χ1) is 7.08. The van der Waals surface area contributed by atoms with Gasteiger partial charge < -0.3 is 5.73 Å². The quantitative estimate of drug-likeness (QED) is 0.833. The number of aryl methyl sites for hydroxylation is 2. The number of thiazole rings is 1. The van der Waals surface area contributed by atoms with Crippen molar-refractivity contribution >= 4 is 11.3 Å². The molecule has 1 aromatic heterocycles. The Labute approximate surface area is 96.9 Å². The number of aromatic nitrogens is 1. The largest absolute Gasteiger partial charge is 0.323 e. The van der Waals surface area contributed by atoms with Crippen LogP contribution >= 0.6 is 11.3 Å². The molecular formula is C12H22N2S. The summed E-state index contributed by atoms with van der Waals surface area (Å²) in [5.74, 6) is 0.752. The first-order valence-electron chi connectivity index (χ1n) is 5.77. The van der Waals surface area contributed by atoms with Crippen LogP contribution in [0.3, 0.4) is 0 Å². The van der Waals surface area contributed by atoms with Crippen molar-refractivity contribution < 1.29 is 0 Å². The zero-order chi connectivity index (χ0) is 11.4. The lowest BCUT2D eigenvalue weighted by Gasteiger charge is -2.17. The van der Waals surface area contributed by atoms with E-state index in [0.717, 1.165) is 23.0 Å². The van der Waals surface area contributed by atoms with Gasteiger partial charge in [0.15, 0.2) is 0 Å². The molecule has 0 amide bonds. The molecule has 0 bridgehead atoms. The van der Waals surface area contributed by atoms with Crippen LogP contribution in [0, 0.1) is 19.8 Å². The molecule has 1 atom stereocenters. The number of hydrogen-bond acceptors (Lipinski definition) is 3. The molecule has 0 spiro atoms. The van der Waals surface area contributed by atoms with E-state index in [-0.39, 0.29) is 6.04 Å². The van der Waals surface area contributed by atoms with Gasteiger partial charge in [0.1, 0.15) is 0 Å². The van der Waals surface area contributed by atoms with Crippen molar-refractivity contribution in [1.82, 2.24) is 4.98 Å². The standard InChI is InChI=1S/C12H22N2S/c1-5-10(6-2)7-11(13)12-8(3)14-9(4)15-12/h10-11H,5-7,13H2,1-4H3. The number of nitrogens with zero attached hydrogens (tertiary/aromatic N) is 1. The summed E-state index contributed by atoms with van der Waals surface area (Å²) in [5, 5.41) is 1.13. The van der Waals surface area contributed by atoms with Crippen molar-refractivity contribution in [1.29, 1.82) is 0 Å². The highest BCUT2D eigenvalue weighted by Gasteiger charge is 2.16. The summed E-state index contributed by atoms with van der Waals surface area (Å²) in [6.45, 7) is 8.59. The molecule has 1 heterocycles. The van der Waals surface area contributed by atoms with Crippen molar-refractivity contribution in [2.75, 3.05) is 0 Å². The minimum atomic E-state index is 0.182. The van der Waals surface area contributed by atoms with Crippen LogP contribution in [-0.4, -0.2) is 4.98 Å². The smallest absolute Gasteiger partial charge is 0.0900 e. The zero-order valence-electron chi connectivity index (χ0n) is 10.2. The van der Waals surface area contributed by atoms with Crippen LogP contribution in [0.15, 0.2) is 0 Å². The normalized spacial score (nSPS) is 13.5.